The average molecular weight is 491 g/mol. The van der Waals surface area contributed by atoms with E-state index in [1.54, 1.807) is 31.3 Å². The van der Waals surface area contributed by atoms with Crippen molar-refractivity contribution in [2.24, 2.45) is 0 Å². The van der Waals surface area contributed by atoms with E-state index >= 15 is 8.78 Å². The van der Waals surface area contributed by atoms with E-state index in [-0.39, 0.29) is 18.7 Å². The van der Waals surface area contributed by atoms with Gasteiger partial charge >= 0.3 is 6.03 Å². The SMILES string of the molecule is CN/C(=C\C=N)N1CCN2C(=O)N(c3c(F)cc(C#Cc4ccccc4)cc3F)C(=O)CC2(C)C1=O. The van der Waals surface area contributed by atoms with Crippen molar-refractivity contribution in [1.82, 2.24) is 15.1 Å². The molecule has 8 nitrogen and oxygen atoms in total. The molecule has 2 heterocycles. The predicted octanol–water partition coefficient (Wildman–Crippen LogP) is 2.83. The molecule has 0 radical (unpaired) electrons. The van der Waals surface area contributed by atoms with E-state index in [1.165, 1.54) is 17.9 Å². The fraction of sp³-hybridized carbons (Fsp3) is 0.231. The van der Waals surface area contributed by atoms with Crippen molar-refractivity contribution in [2.45, 2.75) is 18.9 Å². The lowest BCUT2D eigenvalue weighted by Gasteiger charge is -2.51. The van der Waals surface area contributed by atoms with Crippen LogP contribution < -0.4 is 10.2 Å². The second kappa shape index (κ2) is 9.62. The molecule has 184 valence electrons. The molecule has 0 saturated carbocycles. The minimum atomic E-state index is -1.55. The van der Waals surface area contributed by atoms with Gasteiger partial charge in [-0.1, -0.05) is 30.0 Å². The number of anilines is 1. The van der Waals surface area contributed by atoms with Crippen molar-refractivity contribution in [3.63, 3.8) is 0 Å². The second-order valence-electron chi connectivity index (χ2n) is 8.44. The third-order valence-corrected chi connectivity index (χ3v) is 6.17. The van der Waals surface area contributed by atoms with Crippen LogP contribution in [-0.2, 0) is 9.59 Å². The number of urea groups is 1. The zero-order valence-electron chi connectivity index (χ0n) is 19.6. The molecular formula is C26H23F2N5O3. The monoisotopic (exact) mass is 491 g/mol. The molecule has 2 aromatic rings. The zero-order chi connectivity index (χ0) is 26.0. The third-order valence-electron chi connectivity index (χ3n) is 6.17. The highest BCUT2D eigenvalue weighted by atomic mass is 19.1. The standard InChI is InChI=1S/C26H23F2N5O3/c1-26-16-22(34)33(25(36)32(26)13-12-31(24(26)35)21(30-2)10-11-29)23-19(27)14-18(15-20(23)28)9-8-17-6-4-3-5-7-17/h3-7,10-11,14-15,29-30H,12-13,16H2,1-2H3/b21-10+,29-11?. The van der Waals surface area contributed by atoms with E-state index in [9.17, 15) is 14.4 Å². The maximum absolute atomic E-state index is 15.1. The highest BCUT2D eigenvalue weighted by Crippen LogP contribution is 2.37. The maximum atomic E-state index is 15.1. The van der Waals surface area contributed by atoms with E-state index in [2.05, 4.69) is 17.2 Å². The van der Waals surface area contributed by atoms with Crippen LogP contribution in [-0.4, -0.2) is 59.5 Å². The van der Waals surface area contributed by atoms with Crippen LogP contribution in [0.4, 0.5) is 19.3 Å². The van der Waals surface area contributed by atoms with Crippen molar-refractivity contribution in [3.8, 4) is 11.8 Å². The molecule has 4 amide bonds. The molecule has 0 bridgehead atoms. The molecule has 2 fully saturated rings. The Bertz CT molecular complexity index is 1330. The Labute approximate surface area is 206 Å². The van der Waals surface area contributed by atoms with E-state index in [4.69, 9.17) is 5.41 Å². The van der Waals surface area contributed by atoms with E-state index in [1.807, 2.05) is 6.07 Å². The Kier molecular flexibility index (Phi) is 6.57. The number of amides is 4. The van der Waals surface area contributed by atoms with Gasteiger partial charge in [0.2, 0.25) is 5.91 Å². The van der Waals surface area contributed by atoms with E-state index in [0.717, 1.165) is 23.2 Å². The number of hydrogen-bond donors (Lipinski definition) is 2. The van der Waals surface area contributed by atoms with Crippen molar-refractivity contribution in [2.75, 3.05) is 25.0 Å². The fourth-order valence-electron chi connectivity index (χ4n) is 4.39. The number of rotatable bonds is 4. The first kappa shape index (κ1) is 24.6. The van der Waals surface area contributed by atoms with Crippen molar-refractivity contribution >= 4 is 29.7 Å². The van der Waals surface area contributed by atoms with Gasteiger partial charge in [-0.25, -0.2) is 18.5 Å². The Balaban J connectivity index is 1.65. The molecule has 4 rings (SSSR count). The summed E-state index contributed by atoms with van der Waals surface area (Å²) in [6, 6.07) is 9.82. The summed E-state index contributed by atoms with van der Waals surface area (Å²) < 4.78 is 30.2. The highest BCUT2D eigenvalue weighted by molar-refractivity contribution is 6.19. The van der Waals surface area contributed by atoms with Gasteiger partial charge in [-0.3, -0.25) is 14.5 Å². The van der Waals surface area contributed by atoms with Crippen LogP contribution in [0.3, 0.4) is 0 Å². The van der Waals surface area contributed by atoms with Crippen LogP contribution in [0.2, 0.25) is 0 Å². The van der Waals surface area contributed by atoms with Crippen molar-refractivity contribution < 1.29 is 23.2 Å². The summed E-state index contributed by atoms with van der Waals surface area (Å²) in [5, 5.41) is 10.1. The molecule has 1 unspecified atom stereocenters. The predicted molar refractivity (Wildman–Crippen MR) is 129 cm³/mol. The Morgan fingerprint density at radius 1 is 1.06 bits per heavy atom. The number of hydrogen-bond acceptors (Lipinski definition) is 5. The number of imide groups is 1. The van der Waals surface area contributed by atoms with Gasteiger partial charge in [0.05, 0.1) is 6.42 Å². The number of allylic oxidation sites excluding steroid dienone is 1. The van der Waals surface area contributed by atoms with Crippen molar-refractivity contribution in [1.29, 1.82) is 5.41 Å². The summed E-state index contributed by atoms with van der Waals surface area (Å²) in [7, 11) is 1.58. The zero-order valence-corrected chi connectivity index (χ0v) is 19.6. The molecule has 0 aliphatic carbocycles. The molecule has 2 aliphatic rings. The number of nitrogens with one attached hydrogen (secondary N) is 2. The van der Waals surface area contributed by atoms with Crippen LogP contribution in [0.25, 0.3) is 0 Å². The average Bonchev–Trinajstić information content (AvgIpc) is 2.85. The number of carbonyl (C=O) groups excluding carboxylic acids is 3. The van der Waals surface area contributed by atoms with Crippen molar-refractivity contribution in [3.05, 3.63) is 77.1 Å². The van der Waals surface area contributed by atoms with E-state index in [0.29, 0.717) is 16.3 Å². The maximum Gasteiger partial charge on any atom is 0.332 e. The molecule has 0 aromatic heterocycles. The number of piperazine rings is 1. The molecule has 10 heteroatoms. The number of nitrogens with zero attached hydrogens (tertiary/aromatic N) is 3. The summed E-state index contributed by atoms with van der Waals surface area (Å²) in [5.41, 5.74) is -1.65. The molecule has 1 atom stereocenters. The number of fused-ring (bicyclic) bond motifs is 1. The smallest absolute Gasteiger partial charge is 0.332 e. The molecular weight excluding hydrogens is 468 g/mol. The molecule has 2 saturated heterocycles. The highest BCUT2D eigenvalue weighted by Gasteiger charge is 2.56. The Morgan fingerprint density at radius 3 is 2.31 bits per heavy atom. The Hall–Kier alpha value is -4.52. The van der Waals surface area contributed by atoms with Gasteiger partial charge in [0.25, 0.3) is 5.91 Å². The molecule has 0 spiro atoms. The first-order valence-corrected chi connectivity index (χ1v) is 11.1. The fourth-order valence-corrected chi connectivity index (χ4v) is 4.39. The summed E-state index contributed by atoms with van der Waals surface area (Å²) in [6.45, 7) is 1.54. The van der Waals surface area contributed by atoms with Gasteiger partial charge < -0.3 is 15.6 Å². The lowest BCUT2D eigenvalue weighted by atomic mass is 9.88. The summed E-state index contributed by atoms with van der Waals surface area (Å²) in [6.07, 6.45) is 1.92. The minimum Gasteiger partial charge on any atom is -0.374 e. The van der Waals surface area contributed by atoms with Crippen LogP contribution in [0, 0.1) is 28.9 Å². The molecule has 2 aromatic carbocycles. The number of carbonyl (C=O) groups is 3. The Morgan fingerprint density at radius 2 is 1.69 bits per heavy atom. The quantitative estimate of drug-likeness (QED) is 0.508. The van der Waals surface area contributed by atoms with Gasteiger partial charge in [-0.15, -0.1) is 0 Å². The van der Waals surface area contributed by atoms with Crippen LogP contribution in [0.15, 0.2) is 54.4 Å². The summed E-state index contributed by atoms with van der Waals surface area (Å²) in [5.74, 6) is 2.14. The first-order valence-electron chi connectivity index (χ1n) is 11.1. The lowest BCUT2D eigenvalue weighted by Crippen LogP contribution is -2.72. The van der Waals surface area contributed by atoms with Gasteiger partial charge in [0, 0.05) is 37.5 Å². The van der Waals surface area contributed by atoms with E-state index < -0.39 is 47.1 Å². The number of benzene rings is 2. The largest absolute Gasteiger partial charge is 0.374 e. The first-order chi connectivity index (χ1) is 17.2. The molecule has 2 aliphatic heterocycles. The molecule has 36 heavy (non-hydrogen) atoms. The van der Waals surface area contributed by atoms with Gasteiger partial charge in [-0.2, -0.15) is 0 Å². The summed E-state index contributed by atoms with van der Waals surface area (Å²) >= 11 is 0. The van der Waals surface area contributed by atoms with Gasteiger partial charge in [-0.05, 0) is 37.3 Å². The number of halogens is 2. The summed E-state index contributed by atoms with van der Waals surface area (Å²) in [4.78, 5) is 42.6. The van der Waals surface area contributed by atoms with Crippen LogP contribution in [0.5, 0.6) is 0 Å². The van der Waals surface area contributed by atoms with Gasteiger partial charge in [0.1, 0.15) is 17.0 Å². The lowest BCUT2D eigenvalue weighted by molar-refractivity contribution is -0.149. The van der Waals surface area contributed by atoms with Gasteiger partial charge in [0.15, 0.2) is 11.6 Å². The van der Waals surface area contributed by atoms with Crippen LogP contribution in [0.1, 0.15) is 24.5 Å². The molecule has 2 N–H and O–H groups in total. The minimum absolute atomic E-state index is 0.0196. The third kappa shape index (κ3) is 4.20. The second-order valence-corrected chi connectivity index (χ2v) is 8.44. The topological polar surface area (TPSA) is 96.8 Å². The van der Waals surface area contributed by atoms with Crippen LogP contribution >= 0.6 is 0 Å². The normalized spacial score (nSPS) is 20.1.